The van der Waals surface area contributed by atoms with Gasteiger partial charge in [-0.3, -0.25) is 4.79 Å². The van der Waals surface area contributed by atoms with Gasteiger partial charge in [0.2, 0.25) is 0 Å². The van der Waals surface area contributed by atoms with Gasteiger partial charge in [0, 0.05) is 0 Å². The van der Waals surface area contributed by atoms with Crippen LogP contribution in [0.5, 0.6) is 0 Å². The molecule has 0 aliphatic carbocycles. The number of aliphatic carboxylic acids is 1. The average Bonchev–Trinajstić information content (AvgIpc) is 2.37. The van der Waals surface area contributed by atoms with E-state index in [9.17, 15) is 4.79 Å². The van der Waals surface area contributed by atoms with E-state index in [2.05, 4.69) is 41.5 Å². The van der Waals surface area contributed by atoms with Gasteiger partial charge in [-0.05, 0) is 0 Å². The first-order valence-electron chi connectivity index (χ1n) is 9.12. The summed E-state index contributed by atoms with van der Waals surface area (Å²) < 4.78 is 5.01. The van der Waals surface area contributed by atoms with Gasteiger partial charge in [-0.2, -0.15) is 0 Å². The molecule has 3 heteroatoms. The summed E-state index contributed by atoms with van der Waals surface area (Å²) in [5.74, 6) is 1.81. The van der Waals surface area contributed by atoms with Crippen molar-refractivity contribution < 1.29 is 9.90 Å². The number of hydrogen-bond acceptors (Lipinski definition) is 1. The van der Waals surface area contributed by atoms with Crippen LogP contribution < -0.4 is 0 Å². The molecule has 1 radical (unpaired) electrons. The second-order valence-corrected chi connectivity index (χ2v) is 19.7. The molecule has 0 unspecified atom stereocenters. The average molecular weight is 509 g/mol. The molecule has 0 atom stereocenters. The molecule has 0 aromatic carbocycles. The van der Waals surface area contributed by atoms with E-state index in [-0.39, 0.29) is 5.92 Å². The van der Waals surface area contributed by atoms with Gasteiger partial charge in [0.1, 0.15) is 0 Å². The van der Waals surface area contributed by atoms with Crippen molar-refractivity contribution in [1.29, 1.82) is 0 Å². The Morgan fingerprint density at radius 1 is 0.727 bits per heavy atom. The third kappa shape index (κ3) is 20.4. The molecule has 1 N–H and O–H groups in total. The summed E-state index contributed by atoms with van der Waals surface area (Å²) in [6, 6.07) is 0. The topological polar surface area (TPSA) is 37.3 Å². The molecule has 0 aliphatic heterocycles. The van der Waals surface area contributed by atoms with Crippen LogP contribution in [0.2, 0.25) is 11.9 Å². The van der Waals surface area contributed by atoms with Crippen molar-refractivity contribution in [3.63, 3.8) is 0 Å². The minimum absolute atomic E-state index is 0.231. The Morgan fingerprint density at radius 2 is 0.955 bits per heavy atom. The molecule has 0 rings (SSSR count). The molecular weight excluding hydrogens is 467 g/mol. The van der Waals surface area contributed by atoms with Crippen molar-refractivity contribution in [1.82, 2.24) is 0 Å². The van der Waals surface area contributed by atoms with Crippen LogP contribution in [0.15, 0.2) is 0 Å². The van der Waals surface area contributed by atoms with Gasteiger partial charge in [0.05, 0.1) is 5.92 Å². The molecule has 133 valence electrons. The molecule has 0 fully saturated rings. The Morgan fingerprint density at radius 3 is 1.09 bits per heavy atom. The SMILES string of the molecule is CC(C)C(=O)O.CC(C)C[CH2][Pb]([CH2]CC(C)C)[CH2]CC(C)C. The second-order valence-electron chi connectivity index (χ2n) is 8.04. The molecular formula is C19H41O2Pb. The molecule has 0 heterocycles. The summed E-state index contributed by atoms with van der Waals surface area (Å²) in [6.07, 6.45) is 4.54. The Bertz CT molecular complexity index is 232. The molecule has 0 saturated heterocycles. The maximum atomic E-state index is 9.70. The fourth-order valence-electron chi connectivity index (χ4n) is 1.85. The van der Waals surface area contributed by atoms with E-state index in [0.29, 0.717) is 0 Å². The quantitative estimate of drug-likeness (QED) is 0.349. The number of rotatable bonds is 10. The van der Waals surface area contributed by atoms with Gasteiger partial charge >= 0.3 is 119 Å². The van der Waals surface area contributed by atoms with Crippen molar-refractivity contribution >= 4 is 28.7 Å². The molecule has 0 aliphatic rings. The van der Waals surface area contributed by atoms with Gasteiger partial charge in [0.15, 0.2) is 0 Å². The summed E-state index contributed by atoms with van der Waals surface area (Å²) in [5.41, 5.74) is 0. The van der Waals surface area contributed by atoms with Crippen molar-refractivity contribution in [3.8, 4) is 0 Å². The first-order valence-corrected chi connectivity index (χ1v) is 17.4. The standard InChI is InChI=1S/3C5H11.C4H8O2.Pb/c3*1-4-5(2)3;1-3(2)4(5)6;/h3*5H,1,4H2,2-3H3;3H,1-2H3,(H,5,6);. The number of carboxylic acids is 1. The molecule has 0 saturated carbocycles. The van der Waals surface area contributed by atoms with Gasteiger partial charge in [-0.25, -0.2) is 0 Å². The summed E-state index contributed by atoms with van der Waals surface area (Å²) >= 11 is -1.15. The number of carboxylic acid groups (broad SMARTS) is 1. The van der Waals surface area contributed by atoms with Gasteiger partial charge in [-0.15, -0.1) is 0 Å². The van der Waals surface area contributed by atoms with Crippen LogP contribution in [0, 0.1) is 23.7 Å². The van der Waals surface area contributed by atoms with Crippen LogP contribution in [0.3, 0.4) is 0 Å². The molecule has 22 heavy (non-hydrogen) atoms. The molecule has 0 aromatic heterocycles. The van der Waals surface area contributed by atoms with E-state index >= 15 is 0 Å². The van der Waals surface area contributed by atoms with E-state index < -0.39 is 28.7 Å². The molecule has 0 bridgehead atoms. The number of hydrogen-bond donors (Lipinski definition) is 1. The van der Waals surface area contributed by atoms with Gasteiger partial charge in [0.25, 0.3) is 0 Å². The Balaban J connectivity index is 0. The van der Waals surface area contributed by atoms with Crippen molar-refractivity contribution in [3.05, 3.63) is 0 Å². The summed E-state index contributed by atoms with van der Waals surface area (Å²) in [7, 11) is 0. The normalized spacial score (nSPS) is 11.5. The van der Waals surface area contributed by atoms with Crippen LogP contribution in [0.25, 0.3) is 0 Å². The molecule has 0 spiro atoms. The zero-order valence-corrected chi connectivity index (χ0v) is 20.3. The zero-order valence-electron chi connectivity index (χ0n) is 16.4. The summed E-state index contributed by atoms with van der Waals surface area (Å²) in [6.45, 7) is 17.6. The predicted octanol–water partition coefficient (Wildman–Crippen LogP) is 6.35. The Labute approximate surface area is 148 Å². The van der Waals surface area contributed by atoms with E-state index in [1.165, 1.54) is 19.3 Å². The summed E-state index contributed by atoms with van der Waals surface area (Å²) in [5, 5.41) is 7.99. The third-order valence-corrected chi connectivity index (χ3v) is 15.3. The van der Waals surface area contributed by atoms with Crippen molar-refractivity contribution in [2.24, 2.45) is 23.7 Å². The molecule has 0 aromatic rings. The van der Waals surface area contributed by atoms with Gasteiger partial charge in [-0.1, -0.05) is 13.8 Å². The molecule has 2 nitrogen and oxygen atoms in total. The van der Waals surface area contributed by atoms with E-state index in [1.54, 1.807) is 25.8 Å². The van der Waals surface area contributed by atoms with Crippen molar-refractivity contribution in [2.45, 2.75) is 86.6 Å². The van der Waals surface area contributed by atoms with Crippen LogP contribution >= 0.6 is 0 Å². The third-order valence-electron chi connectivity index (χ3n) is 3.72. The fourth-order valence-corrected chi connectivity index (χ4v) is 16.3. The minimum atomic E-state index is -1.15. The number of carbonyl (C=O) groups is 1. The first-order chi connectivity index (χ1) is 10.1. The first kappa shape index (κ1) is 24.6. The van der Waals surface area contributed by atoms with E-state index in [1.807, 2.05) is 0 Å². The van der Waals surface area contributed by atoms with Gasteiger partial charge < -0.3 is 5.11 Å². The summed E-state index contributed by atoms with van der Waals surface area (Å²) in [4.78, 5) is 9.70. The predicted molar refractivity (Wildman–Crippen MR) is 101 cm³/mol. The Hall–Kier alpha value is 0.392. The monoisotopic (exact) mass is 509 g/mol. The van der Waals surface area contributed by atoms with Crippen LogP contribution in [0.1, 0.15) is 74.7 Å². The van der Waals surface area contributed by atoms with Crippen molar-refractivity contribution in [2.75, 3.05) is 0 Å². The Kier molecular flexibility index (Phi) is 16.7. The maximum absolute atomic E-state index is 9.70. The van der Waals surface area contributed by atoms with Crippen LogP contribution in [-0.2, 0) is 4.79 Å². The second kappa shape index (κ2) is 15.0. The molecule has 0 amide bonds. The van der Waals surface area contributed by atoms with E-state index in [4.69, 9.17) is 5.11 Å². The van der Waals surface area contributed by atoms with E-state index in [0.717, 1.165) is 17.8 Å². The zero-order chi connectivity index (χ0) is 17.7. The fraction of sp³-hybridized carbons (Fsp3) is 0.947. The van der Waals surface area contributed by atoms with Crippen LogP contribution in [-0.4, -0.2) is 33.8 Å². The van der Waals surface area contributed by atoms with Crippen LogP contribution in [0.4, 0.5) is 0 Å².